The lowest BCUT2D eigenvalue weighted by atomic mass is 10.3. The number of phenolic OH excluding ortho intramolecular Hbond substituents is 1. The summed E-state index contributed by atoms with van der Waals surface area (Å²) in [6.07, 6.45) is 0. The minimum atomic E-state index is -0.769. The van der Waals surface area contributed by atoms with Gasteiger partial charge in [0.25, 0.3) is 0 Å². The van der Waals surface area contributed by atoms with Crippen molar-refractivity contribution >= 4 is 11.0 Å². The second-order valence-electron chi connectivity index (χ2n) is 2.61. The third-order valence-electron chi connectivity index (χ3n) is 1.74. The summed E-state index contributed by atoms with van der Waals surface area (Å²) in [6, 6.07) is 4.59. The van der Waals surface area contributed by atoms with Gasteiger partial charge < -0.3 is 15.1 Å². The number of nitrogens with one attached hydrogen (secondary N) is 2. The maximum atomic E-state index is 10.9. The summed E-state index contributed by atoms with van der Waals surface area (Å²) in [5.41, 5.74) is -0.844. The van der Waals surface area contributed by atoms with Crippen LogP contribution in [0.15, 0.2) is 27.8 Å². The van der Waals surface area contributed by atoms with Crippen LogP contribution in [0.4, 0.5) is 0 Å². The smallest absolute Gasteiger partial charge is 0.314 e. The van der Waals surface area contributed by atoms with Crippen LogP contribution in [0, 0.1) is 0 Å². The minimum absolute atomic E-state index is 0.0640. The molecule has 0 bridgehead atoms. The largest absolute Gasteiger partial charge is 0.506 e. The van der Waals surface area contributed by atoms with E-state index >= 15 is 0 Å². The molecule has 0 saturated heterocycles. The maximum absolute atomic E-state index is 10.9. The summed E-state index contributed by atoms with van der Waals surface area (Å²) in [5, 5.41) is 9.29. The molecule has 0 aliphatic rings. The molecule has 0 saturated carbocycles. The van der Waals surface area contributed by atoms with E-state index < -0.39 is 11.1 Å². The first-order chi connectivity index (χ1) is 6.18. The van der Waals surface area contributed by atoms with Gasteiger partial charge in [0.05, 0.1) is 5.52 Å². The lowest BCUT2D eigenvalue weighted by molar-refractivity contribution is 0.480. The van der Waals surface area contributed by atoms with Crippen molar-refractivity contribution in [3.63, 3.8) is 0 Å². The molecule has 13 heavy (non-hydrogen) atoms. The van der Waals surface area contributed by atoms with Crippen molar-refractivity contribution in [2.45, 2.75) is 0 Å². The molecule has 5 nitrogen and oxygen atoms in total. The lowest BCUT2D eigenvalue weighted by Gasteiger charge is -1.97. The van der Waals surface area contributed by atoms with E-state index in [1.54, 1.807) is 12.1 Å². The fourth-order valence-corrected chi connectivity index (χ4v) is 1.13. The fourth-order valence-electron chi connectivity index (χ4n) is 1.13. The Kier molecular flexibility index (Phi) is 1.45. The summed E-state index contributed by atoms with van der Waals surface area (Å²) < 4.78 is 0. The summed E-state index contributed by atoms with van der Waals surface area (Å²) in [5.74, 6) is -0.0640. The standard InChI is InChI=1S/C8H6N2O3/c11-5-3-1-2-4-6(5)10-8(13)7(12)9-4/h1-3,11H,(H,9,12)(H,10,13). The third kappa shape index (κ3) is 1.10. The number of para-hydroxylation sites is 1. The van der Waals surface area contributed by atoms with Gasteiger partial charge in [0.1, 0.15) is 11.3 Å². The maximum Gasteiger partial charge on any atom is 0.314 e. The highest BCUT2D eigenvalue weighted by Crippen LogP contribution is 2.17. The first-order valence-electron chi connectivity index (χ1n) is 3.63. The second-order valence-corrected chi connectivity index (χ2v) is 2.61. The Morgan fingerprint density at radius 1 is 1.08 bits per heavy atom. The van der Waals surface area contributed by atoms with Crippen LogP contribution in [0.2, 0.25) is 0 Å². The number of H-pyrrole nitrogens is 2. The van der Waals surface area contributed by atoms with Crippen LogP contribution < -0.4 is 11.1 Å². The summed E-state index contributed by atoms with van der Waals surface area (Å²) in [7, 11) is 0. The molecule has 1 aromatic heterocycles. The van der Waals surface area contributed by atoms with Crippen LogP contribution in [0.25, 0.3) is 11.0 Å². The van der Waals surface area contributed by atoms with Gasteiger partial charge in [0.2, 0.25) is 0 Å². The molecule has 2 rings (SSSR count). The molecule has 66 valence electrons. The molecule has 0 radical (unpaired) electrons. The van der Waals surface area contributed by atoms with Crippen LogP contribution in [-0.2, 0) is 0 Å². The van der Waals surface area contributed by atoms with Gasteiger partial charge in [0, 0.05) is 0 Å². The van der Waals surface area contributed by atoms with Crippen molar-refractivity contribution in [1.29, 1.82) is 0 Å². The molecule has 0 atom stereocenters. The van der Waals surface area contributed by atoms with Crippen LogP contribution in [0.3, 0.4) is 0 Å². The van der Waals surface area contributed by atoms with Crippen molar-refractivity contribution in [2.24, 2.45) is 0 Å². The van der Waals surface area contributed by atoms with E-state index in [9.17, 15) is 14.7 Å². The summed E-state index contributed by atoms with van der Waals surface area (Å²) in [6.45, 7) is 0. The highest BCUT2D eigenvalue weighted by molar-refractivity contribution is 5.79. The number of aromatic amines is 2. The van der Waals surface area contributed by atoms with E-state index in [1.165, 1.54) is 6.07 Å². The van der Waals surface area contributed by atoms with E-state index in [0.717, 1.165) is 0 Å². The van der Waals surface area contributed by atoms with Gasteiger partial charge in [-0.25, -0.2) is 0 Å². The Labute approximate surface area is 71.7 Å². The number of benzene rings is 1. The number of fused-ring (bicyclic) bond motifs is 1. The molecular formula is C8H6N2O3. The number of rotatable bonds is 0. The van der Waals surface area contributed by atoms with Gasteiger partial charge in [-0.1, -0.05) is 6.07 Å². The Hall–Kier alpha value is -2.04. The Morgan fingerprint density at radius 3 is 2.54 bits per heavy atom. The average Bonchev–Trinajstić information content (AvgIpc) is 2.09. The highest BCUT2D eigenvalue weighted by Gasteiger charge is 2.01. The van der Waals surface area contributed by atoms with Gasteiger partial charge in [0.15, 0.2) is 0 Å². The second kappa shape index (κ2) is 2.48. The zero-order valence-electron chi connectivity index (χ0n) is 6.50. The van der Waals surface area contributed by atoms with Gasteiger partial charge >= 0.3 is 11.1 Å². The molecule has 2 aromatic rings. The van der Waals surface area contributed by atoms with E-state index in [2.05, 4.69) is 9.97 Å². The Bertz CT molecular complexity index is 567. The first kappa shape index (κ1) is 7.60. The lowest BCUT2D eigenvalue weighted by Crippen LogP contribution is -2.28. The number of aromatic nitrogens is 2. The van der Waals surface area contributed by atoms with Gasteiger partial charge in [-0.05, 0) is 12.1 Å². The molecule has 1 aromatic carbocycles. The van der Waals surface area contributed by atoms with Gasteiger partial charge in [-0.15, -0.1) is 0 Å². The number of phenols is 1. The topological polar surface area (TPSA) is 85.9 Å². The normalized spacial score (nSPS) is 10.5. The number of hydrogen-bond donors (Lipinski definition) is 3. The number of aromatic hydroxyl groups is 1. The van der Waals surface area contributed by atoms with Crippen LogP contribution >= 0.6 is 0 Å². The molecule has 0 amide bonds. The number of hydrogen-bond acceptors (Lipinski definition) is 3. The van der Waals surface area contributed by atoms with Crippen molar-refractivity contribution < 1.29 is 5.11 Å². The predicted octanol–water partition coefficient (Wildman–Crippen LogP) is -0.0780. The minimum Gasteiger partial charge on any atom is -0.506 e. The molecule has 0 aliphatic carbocycles. The van der Waals surface area contributed by atoms with E-state index in [0.29, 0.717) is 5.52 Å². The Balaban J connectivity index is 3.06. The van der Waals surface area contributed by atoms with Crippen molar-refractivity contribution in [3.05, 3.63) is 38.9 Å². The average molecular weight is 178 g/mol. The Morgan fingerprint density at radius 2 is 1.77 bits per heavy atom. The van der Waals surface area contributed by atoms with E-state index in [1.807, 2.05) is 0 Å². The highest BCUT2D eigenvalue weighted by atomic mass is 16.3. The van der Waals surface area contributed by atoms with Crippen molar-refractivity contribution in [2.75, 3.05) is 0 Å². The molecular weight excluding hydrogens is 172 g/mol. The predicted molar refractivity (Wildman–Crippen MR) is 46.9 cm³/mol. The van der Waals surface area contributed by atoms with Crippen molar-refractivity contribution in [1.82, 2.24) is 9.97 Å². The van der Waals surface area contributed by atoms with E-state index in [-0.39, 0.29) is 11.3 Å². The molecule has 0 spiro atoms. The van der Waals surface area contributed by atoms with Gasteiger partial charge in [-0.2, -0.15) is 0 Å². The molecule has 0 fully saturated rings. The fraction of sp³-hybridized carbons (Fsp3) is 0. The SMILES string of the molecule is O=c1[nH]c2cccc(O)c2[nH]c1=O. The molecule has 3 N–H and O–H groups in total. The molecule has 5 heteroatoms. The van der Waals surface area contributed by atoms with Crippen LogP contribution in [0.1, 0.15) is 0 Å². The van der Waals surface area contributed by atoms with Crippen LogP contribution in [-0.4, -0.2) is 15.1 Å². The monoisotopic (exact) mass is 178 g/mol. The molecule has 0 unspecified atom stereocenters. The molecule has 0 aliphatic heterocycles. The van der Waals surface area contributed by atoms with Gasteiger partial charge in [-0.3, -0.25) is 9.59 Å². The van der Waals surface area contributed by atoms with E-state index in [4.69, 9.17) is 0 Å². The zero-order valence-corrected chi connectivity index (χ0v) is 6.50. The van der Waals surface area contributed by atoms with Crippen LogP contribution in [0.5, 0.6) is 5.75 Å². The zero-order chi connectivity index (χ0) is 9.42. The third-order valence-corrected chi connectivity index (χ3v) is 1.74. The summed E-state index contributed by atoms with van der Waals surface area (Å²) in [4.78, 5) is 26.4. The quantitative estimate of drug-likeness (QED) is 0.493. The summed E-state index contributed by atoms with van der Waals surface area (Å²) >= 11 is 0. The first-order valence-corrected chi connectivity index (χ1v) is 3.63. The van der Waals surface area contributed by atoms with Crippen molar-refractivity contribution in [3.8, 4) is 5.75 Å². The molecule has 1 heterocycles.